The fourth-order valence-corrected chi connectivity index (χ4v) is 2.51. The van der Waals surface area contributed by atoms with Gasteiger partial charge in [0.2, 0.25) is 5.95 Å². The van der Waals surface area contributed by atoms with Gasteiger partial charge >= 0.3 is 0 Å². The van der Waals surface area contributed by atoms with Crippen molar-refractivity contribution < 1.29 is 4.74 Å². The summed E-state index contributed by atoms with van der Waals surface area (Å²) in [6.45, 7) is 0.492. The molecule has 0 radical (unpaired) electrons. The first-order chi connectivity index (χ1) is 9.24. The van der Waals surface area contributed by atoms with Crippen LogP contribution in [-0.2, 0) is 6.61 Å². The van der Waals surface area contributed by atoms with Gasteiger partial charge in [0, 0.05) is 0 Å². The number of nitrogen functional groups attached to an aromatic ring is 2. The lowest BCUT2D eigenvalue weighted by molar-refractivity contribution is 0.310. The first-order valence-electron chi connectivity index (χ1n) is 5.69. The average Bonchev–Trinajstić information content (AvgIpc) is 2.88. The molecule has 6 heteroatoms. The van der Waals surface area contributed by atoms with Crippen LogP contribution in [-0.4, -0.2) is 9.97 Å². The van der Waals surface area contributed by atoms with Crippen molar-refractivity contribution in [1.82, 2.24) is 9.97 Å². The minimum absolute atomic E-state index is 0.167. The van der Waals surface area contributed by atoms with Gasteiger partial charge in [-0.05, 0) is 34.5 Å². The number of aromatic nitrogens is 2. The predicted molar refractivity (Wildman–Crippen MR) is 77.0 cm³/mol. The fraction of sp³-hybridized carbons (Fsp3) is 0.0769. The maximum absolute atomic E-state index is 5.90. The van der Waals surface area contributed by atoms with E-state index in [1.165, 1.54) is 0 Å². The van der Waals surface area contributed by atoms with Crippen LogP contribution in [0.4, 0.5) is 11.8 Å². The van der Waals surface area contributed by atoms with Crippen LogP contribution in [0, 0.1) is 0 Å². The van der Waals surface area contributed by atoms with Gasteiger partial charge in [0.15, 0.2) is 0 Å². The Balaban J connectivity index is 1.99. The van der Waals surface area contributed by atoms with Gasteiger partial charge in [-0.15, -0.1) is 0 Å². The third-order valence-electron chi connectivity index (χ3n) is 2.70. The van der Waals surface area contributed by atoms with Crippen molar-refractivity contribution in [2.75, 3.05) is 11.5 Å². The Morgan fingerprint density at radius 2 is 2.05 bits per heavy atom. The molecular formula is C13H12N4OS. The van der Waals surface area contributed by atoms with Crippen LogP contribution in [0.15, 0.2) is 35.0 Å². The van der Waals surface area contributed by atoms with E-state index in [0.717, 1.165) is 5.56 Å². The molecule has 2 heterocycles. The van der Waals surface area contributed by atoms with E-state index < -0.39 is 0 Å². The number of nitrogens with two attached hydrogens (primary N) is 2. The van der Waals surface area contributed by atoms with E-state index in [0.29, 0.717) is 29.1 Å². The van der Waals surface area contributed by atoms with Gasteiger partial charge in [-0.25, -0.2) is 4.98 Å². The summed E-state index contributed by atoms with van der Waals surface area (Å²) in [5, 5.41) is 4.76. The Hall–Kier alpha value is -2.34. The molecule has 0 amide bonds. The number of hydrogen-bond donors (Lipinski definition) is 2. The van der Waals surface area contributed by atoms with Gasteiger partial charge in [0.1, 0.15) is 18.2 Å². The van der Waals surface area contributed by atoms with Crippen molar-refractivity contribution in [3.63, 3.8) is 0 Å². The number of benzene rings is 1. The van der Waals surface area contributed by atoms with E-state index in [2.05, 4.69) is 9.97 Å². The molecule has 2 aromatic heterocycles. The maximum Gasteiger partial charge on any atom is 0.222 e. The maximum atomic E-state index is 5.90. The van der Waals surface area contributed by atoms with Crippen LogP contribution >= 0.6 is 11.3 Å². The third-order valence-corrected chi connectivity index (χ3v) is 3.44. The van der Waals surface area contributed by atoms with Crippen LogP contribution in [0.1, 0.15) is 5.56 Å². The largest absolute Gasteiger partial charge is 0.488 e. The first-order valence-corrected chi connectivity index (χ1v) is 6.64. The molecule has 0 spiro atoms. The molecule has 3 rings (SSSR count). The molecular weight excluding hydrogens is 260 g/mol. The zero-order valence-corrected chi connectivity index (χ0v) is 10.9. The summed E-state index contributed by atoms with van der Waals surface area (Å²) in [7, 11) is 0. The molecule has 5 nitrogen and oxygen atoms in total. The van der Waals surface area contributed by atoms with Gasteiger partial charge < -0.3 is 16.2 Å². The zero-order valence-electron chi connectivity index (χ0n) is 10.0. The number of thiophene rings is 1. The molecule has 1 aromatic carbocycles. The lowest BCUT2D eigenvalue weighted by Crippen LogP contribution is -2.02. The summed E-state index contributed by atoms with van der Waals surface area (Å²) in [5.41, 5.74) is 13.3. The molecule has 0 aliphatic rings. The summed E-state index contributed by atoms with van der Waals surface area (Å²) < 4.78 is 5.79. The lowest BCUT2D eigenvalue weighted by Gasteiger charge is -2.10. The van der Waals surface area contributed by atoms with Gasteiger partial charge in [-0.2, -0.15) is 16.3 Å². The van der Waals surface area contributed by atoms with E-state index in [1.54, 1.807) is 11.3 Å². The molecule has 0 unspecified atom stereocenters. The lowest BCUT2D eigenvalue weighted by atomic mass is 10.2. The Morgan fingerprint density at radius 1 is 1.16 bits per heavy atom. The van der Waals surface area contributed by atoms with E-state index in [-0.39, 0.29) is 5.95 Å². The fourth-order valence-electron chi connectivity index (χ4n) is 1.85. The molecule has 4 N–H and O–H groups in total. The molecule has 0 saturated heterocycles. The van der Waals surface area contributed by atoms with Crippen molar-refractivity contribution in [3.05, 3.63) is 40.6 Å². The third kappa shape index (κ3) is 2.30. The van der Waals surface area contributed by atoms with Gasteiger partial charge in [-0.1, -0.05) is 6.07 Å². The second kappa shape index (κ2) is 4.74. The van der Waals surface area contributed by atoms with Crippen molar-refractivity contribution in [1.29, 1.82) is 0 Å². The highest BCUT2D eigenvalue weighted by atomic mass is 32.1. The SMILES string of the molecule is Nc1nc(N)c2c(OCc3ccsc3)cccc2n1. The van der Waals surface area contributed by atoms with Gasteiger partial charge in [-0.3, -0.25) is 0 Å². The predicted octanol–water partition coefficient (Wildman–Crippen LogP) is 2.43. The highest BCUT2D eigenvalue weighted by Crippen LogP contribution is 2.29. The molecule has 0 atom stereocenters. The standard InChI is InChI=1S/C13H12N4OS/c14-12-11-9(16-13(15)17-12)2-1-3-10(11)18-6-8-4-5-19-7-8/h1-5,7H,6H2,(H4,14,15,16,17). The minimum atomic E-state index is 0.167. The van der Waals surface area contributed by atoms with Crippen molar-refractivity contribution in [2.24, 2.45) is 0 Å². The summed E-state index contributed by atoms with van der Waals surface area (Å²) >= 11 is 1.64. The quantitative estimate of drug-likeness (QED) is 0.764. The Morgan fingerprint density at radius 3 is 2.84 bits per heavy atom. The molecule has 19 heavy (non-hydrogen) atoms. The van der Waals surface area contributed by atoms with Crippen molar-refractivity contribution in [3.8, 4) is 5.75 Å². The summed E-state index contributed by atoms with van der Waals surface area (Å²) in [6, 6.07) is 7.57. The minimum Gasteiger partial charge on any atom is -0.488 e. The summed E-state index contributed by atoms with van der Waals surface area (Å²) in [6.07, 6.45) is 0. The molecule has 0 saturated carbocycles. The number of rotatable bonds is 3. The van der Waals surface area contributed by atoms with Crippen LogP contribution < -0.4 is 16.2 Å². The second-order valence-electron chi connectivity index (χ2n) is 4.04. The van der Waals surface area contributed by atoms with Crippen LogP contribution in [0.3, 0.4) is 0 Å². The number of ether oxygens (including phenoxy) is 1. The Kier molecular flexibility index (Phi) is 2.92. The van der Waals surface area contributed by atoms with Crippen LogP contribution in [0.25, 0.3) is 10.9 Å². The zero-order chi connectivity index (χ0) is 13.2. The van der Waals surface area contributed by atoms with E-state index in [9.17, 15) is 0 Å². The first kappa shape index (κ1) is 11.7. The van der Waals surface area contributed by atoms with E-state index in [4.69, 9.17) is 16.2 Å². The van der Waals surface area contributed by atoms with Crippen molar-refractivity contribution >= 4 is 34.0 Å². The van der Waals surface area contributed by atoms with Crippen molar-refractivity contribution in [2.45, 2.75) is 6.61 Å². The Labute approximate surface area is 113 Å². The highest BCUT2D eigenvalue weighted by Gasteiger charge is 2.09. The number of anilines is 2. The number of nitrogens with zero attached hydrogens (tertiary/aromatic N) is 2. The smallest absolute Gasteiger partial charge is 0.222 e. The topological polar surface area (TPSA) is 87.0 Å². The number of hydrogen-bond acceptors (Lipinski definition) is 6. The summed E-state index contributed by atoms with van der Waals surface area (Å²) in [4.78, 5) is 8.12. The molecule has 0 aliphatic carbocycles. The molecule has 0 bridgehead atoms. The van der Waals surface area contributed by atoms with Gasteiger partial charge in [0.05, 0.1) is 10.9 Å². The summed E-state index contributed by atoms with van der Waals surface area (Å²) in [5.74, 6) is 1.17. The normalized spacial score (nSPS) is 10.7. The van der Waals surface area contributed by atoms with Crippen LogP contribution in [0.2, 0.25) is 0 Å². The number of fused-ring (bicyclic) bond motifs is 1. The highest BCUT2D eigenvalue weighted by molar-refractivity contribution is 7.07. The molecule has 0 aliphatic heterocycles. The average molecular weight is 272 g/mol. The monoisotopic (exact) mass is 272 g/mol. The Bertz CT molecular complexity index is 712. The second-order valence-corrected chi connectivity index (χ2v) is 4.82. The molecule has 3 aromatic rings. The van der Waals surface area contributed by atoms with Crippen LogP contribution in [0.5, 0.6) is 5.75 Å². The van der Waals surface area contributed by atoms with Gasteiger partial charge in [0.25, 0.3) is 0 Å². The molecule has 96 valence electrons. The van der Waals surface area contributed by atoms with E-state index >= 15 is 0 Å². The molecule has 0 fully saturated rings. The van der Waals surface area contributed by atoms with E-state index in [1.807, 2.05) is 35.0 Å².